The van der Waals surface area contributed by atoms with Crippen LogP contribution in [0.1, 0.15) is 36.0 Å². The normalized spacial score (nSPS) is 11.6. The minimum absolute atomic E-state index is 0.239. The number of aliphatic imine (C=N–C) groups is 1. The highest BCUT2D eigenvalue weighted by atomic mass is 15.2. The zero-order valence-electron chi connectivity index (χ0n) is 17.4. The molecule has 0 unspecified atom stereocenters. The fourth-order valence-electron chi connectivity index (χ4n) is 3.40. The van der Waals surface area contributed by atoms with Crippen molar-refractivity contribution in [3.63, 3.8) is 0 Å². The number of guanidine groups is 1. The second kappa shape index (κ2) is 11.1. The van der Waals surface area contributed by atoms with Crippen molar-refractivity contribution < 1.29 is 0 Å². The molecule has 0 aliphatic heterocycles. The van der Waals surface area contributed by atoms with Gasteiger partial charge in [-0.1, -0.05) is 60.7 Å². The Morgan fingerprint density at radius 2 is 1.66 bits per heavy atom. The highest BCUT2D eigenvalue weighted by Gasteiger charge is 2.13. The van der Waals surface area contributed by atoms with Gasteiger partial charge in [-0.05, 0) is 36.5 Å². The number of benzene rings is 2. The average Bonchev–Trinajstić information content (AvgIpc) is 3.18. The summed E-state index contributed by atoms with van der Waals surface area (Å²) in [5, 5.41) is 11.1. The molecule has 0 saturated heterocycles. The van der Waals surface area contributed by atoms with Gasteiger partial charge in [0.2, 0.25) is 0 Å². The molecule has 5 nitrogen and oxygen atoms in total. The van der Waals surface area contributed by atoms with Crippen LogP contribution in [0.4, 0.5) is 0 Å². The zero-order valence-corrected chi connectivity index (χ0v) is 17.4. The van der Waals surface area contributed by atoms with E-state index in [9.17, 15) is 0 Å². The lowest BCUT2D eigenvalue weighted by atomic mass is 9.91. The zero-order chi connectivity index (χ0) is 20.3. The number of hydrogen-bond donors (Lipinski definition) is 2. The lowest BCUT2D eigenvalue weighted by molar-refractivity contribution is 0.732. The van der Waals surface area contributed by atoms with Crippen molar-refractivity contribution in [3.05, 3.63) is 89.7 Å². The second-order valence-electron chi connectivity index (χ2n) is 7.15. The first-order valence-electron chi connectivity index (χ1n) is 10.4. The maximum absolute atomic E-state index is 4.89. The maximum Gasteiger partial charge on any atom is 0.191 e. The van der Waals surface area contributed by atoms with Gasteiger partial charge in [0.1, 0.15) is 0 Å². The van der Waals surface area contributed by atoms with Crippen molar-refractivity contribution in [1.82, 2.24) is 20.4 Å². The Kier molecular flexibility index (Phi) is 7.87. The molecule has 152 valence electrons. The molecule has 3 rings (SSSR count). The minimum Gasteiger partial charge on any atom is -0.357 e. The maximum atomic E-state index is 4.89. The third-order valence-corrected chi connectivity index (χ3v) is 4.87. The van der Waals surface area contributed by atoms with Crippen LogP contribution in [0.25, 0.3) is 0 Å². The predicted octanol–water partition coefficient (Wildman–Crippen LogP) is 3.74. The quantitative estimate of drug-likeness (QED) is 0.333. The molecule has 5 heteroatoms. The van der Waals surface area contributed by atoms with Crippen molar-refractivity contribution in [2.75, 3.05) is 19.6 Å². The Bertz CT molecular complexity index is 831. The van der Waals surface area contributed by atoms with Gasteiger partial charge in [0.15, 0.2) is 5.96 Å². The first-order valence-corrected chi connectivity index (χ1v) is 10.4. The molecule has 1 aromatic heterocycles. The van der Waals surface area contributed by atoms with Crippen LogP contribution < -0.4 is 10.6 Å². The molecule has 29 heavy (non-hydrogen) atoms. The Balaban J connectivity index is 1.62. The summed E-state index contributed by atoms with van der Waals surface area (Å²) in [7, 11) is 1.95. The molecule has 0 bridgehead atoms. The molecule has 0 atom stereocenters. The van der Waals surface area contributed by atoms with Crippen LogP contribution in [0.3, 0.4) is 0 Å². The Morgan fingerprint density at radius 1 is 1.00 bits per heavy atom. The lowest BCUT2D eigenvalue weighted by Crippen LogP contribution is -2.38. The third kappa shape index (κ3) is 6.49. The third-order valence-electron chi connectivity index (χ3n) is 4.87. The van der Waals surface area contributed by atoms with E-state index in [1.54, 1.807) is 0 Å². The molecule has 0 spiro atoms. The van der Waals surface area contributed by atoms with Gasteiger partial charge in [-0.25, -0.2) is 0 Å². The van der Waals surface area contributed by atoms with Crippen molar-refractivity contribution in [2.24, 2.45) is 12.0 Å². The van der Waals surface area contributed by atoms with E-state index >= 15 is 0 Å². The molecule has 3 aromatic rings. The Labute approximate surface area is 173 Å². The monoisotopic (exact) mass is 389 g/mol. The van der Waals surface area contributed by atoms with E-state index in [1.165, 1.54) is 16.7 Å². The summed E-state index contributed by atoms with van der Waals surface area (Å²) in [6, 6.07) is 21.2. The van der Waals surface area contributed by atoms with Gasteiger partial charge in [0.05, 0.1) is 12.7 Å². The fraction of sp³-hybridized carbons (Fsp3) is 0.333. The number of aryl methyl sites for hydroxylation is 2. The van der Waals surface area contributed by atoms with E-state index in [0.717, 1.165) is 31.9 Å². The predicted molar refractivity (Wildman–Crippen MR) is 120 cm³/mol. The second-order valence-corrected chi connectivity index (χ2v) is 7.15. The van der Waals surface area contributed by atoms with Crippen molar-refractivity contribution in [3.8, 4) is 0 Å². The van der Waals surface area contributed by atoms with Crippen LogP contribution in [0, 0.1) is 0 Å². The Hall–Kier alpha value is -3.08. The van der Waals surface area contributed by atoms with E-state index in [4.69, 9.17) is 4.99 Å². The fourth-order valence-corrected chi connectivity index (χ4v) is 3.40. The molecule has 2 aromatic carbocycles. The molecule has 0 fully saturated rings. The standard InChI is InChI=1S/C24H31N5/c1-3-25-24(26-16-10-11-20-17-28-29(2)19-20)27-18-23(21-12-6-4-7-13-21)22-14-8-5-9-15-22/h4-9,12-15,17,19,23H,3,10-11,16,18H2,1-2H3,(H2,25,26,27). The van der Waals surface area contributed by atoms with Gasteiger partial charge in [-0.2, -0.15) is 5.10 Å². The molecule has 0 amide bonds. The van der Waals surface area contributed by atoms with Gasteiger partial charge in [-0.3, -0.25) is 9.67 Å². The number of rotatable bonds is 9. The van der Waals surface area contributed by atoms with Crippen molar-refractivity contribution in [1.29, 1.82) is 0 Å². The van der Waals surface area contributed by atoms with E-state index in [0.29, 0.717) is 6.54 Å². The van der Waals surface area contributed by atoms with E-state index in [-0.39, 0.29) is 5.92 Å². The molecule has 1 heterocycles. The number of aromatic nitrogens is 2. The van der Waals surface area contributed by atoms with Gasteiger partial charge in [0, 0.05) is 32.3 Å². The molecule has 2 N–H and O–H groups in total. The summed E-state index contributed by atoms with van der Waals surface area (Å²) in [6.07, 6.45) is 6.06. The highest BCUT2D eigenvalue weighted by molar-refractivity contribution is 5.79. The first kappa shape index (κ1) is 20.6. The van der Waals surface area contributed by atoms with Crippen LogP contribution in [-0.4, -0.2) is 35.4 Å². The SMILES string of the molecule is CCNC(=NCC(c1ccccc1)c1ccccc1)NCCCc1cnn(C)c1. The highest BCUT2D eigenvalue weighted by Crippen LogP contribution is 2.24. The van der Waals surface area contributed by atoms with Crippen LogP contribution in [0.2, 0.25) is 0 Å². The summed E-state index contributed by atoms with van der Waals surface area (Å²) >= 11 is 0. The molecule has 0 aliphatic rings. The summed E-state index contributed by atoms with van der Waals surface area (Å²) in [4.78, 5) is 4.89. The topological polar surface area (TPSA) is 54.2 Å². The molecule has 0 saturated carbocycles. The van der Waals surface area contributed by atoms with Gasteiger partial charge >= 0.3 is 0 Å². The van der Waals surface area contributed by atoms with Crippen LogP contribution in [-0.2, 0) is 13.5 Å². The van der Waals surface area contributed by atoms with Crippen molar-refractivity contribution >= 4 is 5.96 Å². The van der Waals surface area contributed by atoms with E-state index in [2.05, 4.69) is 89.5 Å². The number of nitrogens with zero attached hydrogens (tertiary/aromatic N) is 3. The number of nitrogens with one attached hydrogen (secondary N) is 2. The lowest BCUT2D eigenvalue weighted by Gasteiger charge is -2.18. The molecule has 0 aliphatic carbocycles. The summed E-state index contributed by atoms with van der Waals surface area (Å²) in [6.45, 7) is 4.52. The smallest absolute Gasteiger partial charge is 0.191 e. The molecular weight excluding hydrogens is 358 g/mol. The Morgan fingerprint density at radius 3 is 2.21 bits per heavy atom. The van der Waals surface area contributed by atoms with Gasteiger partial charge < -0.3 is 10.6 Å². The summed E-state index contributed by atoms with van der Waals surface area (Å²) < 4.78 is 1.85. The molecular formula is C24H31N5. The minimum atomic E-state index is 0.239. The largest absolute Gasteiger partial charge is 0.357 e. The number of hydrogen-bond acceptors (Lipinski definition) is 2. The molecule has 0 radical (unpaired) electrons. The van der Waals surface area contributed by atoms with Gasteiger partial charge in [0.25, 0.3) is 0 Å². The van der Waals surface area contributed by atoms with Crippen LogP contribution in [0.5, 0.6) is 0 Å². The van der Waals surface area contributed by atoms with Crippen LogP contribution >= 0.6 is 0 Å². The van der Waals surface area contributed by atoms with Gasteiger partial charge in [-0.15, -0.1) is 0 Å². The van der Waals surface area contributed by atoms with Crippen LogP contribution in [0.15, 0.2) is 78.0 Å². The first-order chi connectivity index (χ1) is 14.3. The van der Waals surface area contributed by atoms with E-state index in [1.807, 2.05) is 17.9 Å². The van der Waals surface area contributed by atoms with Crippen molar-refractivity contribution in [2.45, 2.75) is 25.7 Å². The van der Waals surface area contributed by atoms with E-state index < -0.39 is 0 Å². The average molecular weight is 390 g/mol. The summed E-state index contributed by atoms with van der Waals surface area (Å²) in [5.41, 5.74) is 3.84. The summed E-state index contributed by atoms with van der Waals surface area (Å²) in [5.74, 6) is 1.11.